The average molecular weight is 323 g/mol. The summed E-state index contributed by atoms with van der Waals surface area (Å²) in [6, 6.07) is 8.46. The van der Waals surface area contributed by atoms with E-state index in [1.165, 1.54) is 15.6 Å². The van der Waals surface area contributed by atoms with Crippen molar-refractivity contribution in [3.63, 3.8) is 0 Å². The van der Waals surface area contributed by atoms with E-state index in [9.17, 15) is 0 Å². The Morgan fingerprint density at radius 3 is 2.77 bits per heavy atom. The first-order valence-electron chi connectivity index (χ1n) is 3.91. The first-order valence-corrected chi connectivity index (χ1v) is 9.83. The van der Waals surface area contributed by atoms with Crippen molar-refractivity contribution in [3.05, 3.63) is 24.3 Å². The summed E-state index contributed by atoms with van der Waals surface area (Å²) in [5.74, 6) is 0. The van der Waals surface area contributed by atoms with Crippen molar-refractivity contribution >= 4 is 49.0 Å². The first-order chi connectivity index (χ1) is 6.18. The molecule has 70 valence electrons. The zero-order valence-electron chi connectivity index (χ0n) is 7.45. The van der Waals surface area contributed by atoms with E-state index in [0.29, 0.717) is 0 Å². The van der Waals surface area contributed by atoms with Gasteiger partial charge in [0.05, 0.1) is 10.7 Å². The number of halogens is 1. The summed E-state index contributed by atoms with van der Waals surface area (Å²) in [6.07, 6.45) is 1.33. The van der Waals surface area contributed by atoms with E-state index < -0.39 is 6.23 Å². The van der Waals surface area contributed by atoms with Gasteiger partial charge in [0.1, 0.15) is 0 Å². The standard InChI is InChI=1S/C9H10INS2/c1-7-11-8-5-3-4-6-9(8)13(7,10)12-2/h3-6H,1-2H3. The molecular weight excluding hydrogens is 313 g/mol. The van der Waals surface area contributed by atoms with Crippen LogP contribution in [0.3, 0.4) is 0 Å². The van der Waals surface area contributed by atoms with Crippen molar-refractivity contribution < 1.29 is 0 Å². The summed E-state index contributed by atoms with van der Waals surface area (Å²) in [4.78, 5) is 6.02. The maximum absolute atomic E-state index is 4.60. The van der Waals surface area contributed by atoms with E-state index in [2.05, 4.69) is 63.6 Å². The van der Waals surface area contributed by atoms with Crippen molar-refractivity contribution in [2.45, 2.75) is 11.8 Å². The van der Waals surface area contributed by atoms with Crippen LogP contribution in [0.25, 0.3) is 0 Å². The second kappa shape index (κ2) is 3.47. The van der Waals surface area contributed by atoms with E-state index in [-0.39, 0.29) is 0 Å². The Balaban J connectivity index is 2.61. The molecule has 1 aliphatic heterocycles. The Morgan fingerprint density at radius 2 is 2.08 bits per heavy atom. The highest BCUT2D eigenvalue weighted by molar-refractivity contribution is 14.2. The largest absolute Gasteiger partial charge is 0.245 e. The van der Waals surface area contributed by atoms with Gasteiger partial charge >= 0.3 is 0 Å². The smallest absolute Gasteiger partial charge is 0.0778 e. The molecule has 1 aliphatic rings. The summed E-state index contributed by atoms with van der Waals surface area (Å²) in [5.41, 5.74) is 1.17. The second-order valence-corrected chi connectivity index (χ2v) is 13.3. The third-order valence-electron chi connectivity index (χ3n) is 2.04. The Labute approximate surface area is 95.7 Å². The Morgan fingerprint density at radius 1 is 1.38 bits per heavy atom. The molecule has 0 saturated heterocycles. The van der Waals surface area contributed by atoms with Crippen LogP contribution in [0, 0.1) is 0 Å². The molecule has 0 saturated carbocycles. The van der Waals surface area contributed by atoms with E-state index in [0.717, 1.165) is 0 Å². The highest BCUT2D eigenvalue weighted by Gasteiger charge is 2.32. The van der Waals surface area contributed by atoms with Crippen LogP contribution in [0.1, 0.15) is 6.92 Å². The molecule has 1 unspecified atom stereocenters. The fraction of sp³-hybridized carbons (Fsp3) is 0.222. The lowest BCUT2D eigenvalue weighted by molar-refractivity contribution is 1.40. The number of benzene rings is 1. The Kier molecular flexibility index (Phi) is 2.63. The zero-order valence-corrected chi connectivity index (χ0v) is 11.2. The van der Waals surface area contributed by atoms with Crippen LogP contribution >= 0.6 is 38.2 Å². The summed E-state index contributed by atoms with van der Waals surface area (Å²) >= 11 is 2.56. The molecule has 1 aromatic carbocycles. The minimum Gasteiger partial charge on any atom is -0.245 e. The molecule has 0 aliphatic carbocycles. The molecule has 2 rings (SSSR count). The Bertz CT molecular complexity index is 378. The SMILES string of the molecule is CSS1(I)C(C)=Nc2ccccc21. The van der Waals surface area contributed by atoms with Gasteiger partial charge in [-0.3, -0.25) is 0 Å². The fourth-order valence-corrected chi connectivity index (χ4v) is 6.17. The average Bonchev–Trinajstić information content (AvgIpc) is 2.41. The van der Waals surface area contributed by atoms with Crippen LogP contribution < -0.4 is 0 Å². The van der Waals surface area contributed by atoms with Crippen LogP contribution in [-0.4, -0.2) is 11.3 Å². The molecule has 1 heterocycles. The van der Waals surface area contributed by atoms with Crippen molar-refractivity contribution in [1.29, 1.82) is 0 Å². The predicted molar refractivity (Wildman–Crippen MR) is 72.6 cm³/mol. The minimum atomic E-state index is -0.843. The topological polar surface area (TPSA) is 12.4 Å². The number of hydrogen-bond donors (Lipinski definition) is 0. The molecule has 1 nitrogen and oxygen atoms in total. The number of rotatable bonds is 1. The molecule has 0 radical (unpaired) electrons. The predicted octanol–water partition coefficient (Wildman–Crippen LogP) is 4.54. The van der Waals surface area contributed by atoms with Gasteiger partial charge in [-0.25, -0.2) is 4.99 Å². The number of aliphatic imine (C=N–C) groups is 1. The van der Waals surface area contributed by atoms with Gasteiger partial charge in [-0.15, -0.1) is 0 Å². The first kappa shape index (κ1) is 9.86. The Hall–Kier alpha value is 0.320. The molecule has 0 N–H and O–H groups in total. The van der Waals surface area contributed by atoms with Crippen LogP contribution in [0.5, 0.6) is 0 Å². The van der Waals surface area contributed by atoms with E-state index in [4.69, 9.17) is 0 Å². The molecular formula is C9H10INS2. The lowest BCUT2D eigenvalue weighted by Crippen LogP contribution is -1.91. The van der Waals surface area contributed by atoms with Gasteiger partial charge in [-0.05, 0) is 46.5 Å². The summed E-state index contributed by atoms with van der Waals surface area (Å²) in [6.45, 7) is 2.14. The lowest BCUT2D eigenvalue weighted by atomic mass is 10.3. The second-order valence-electron chi connectivity index (χ2n) is 2.75. The van der Waals surface area contributed by atoms with Gasteiger partial charge in [0.25, 0.3) is 0 Å². The molecule has 0 bridgehead atoms. The molecule has 0 aromatic heterocycles. The molecule has 1 aromatic rings. The third kappa shape index (κ3) is 1.43. The van der Waals surface area contributed by atoms with E-state index in [1.54, 1.807) is 0 Å². The van der Waals surface area contributed by atoms with Crippen molar-refractivity contribution in [2.24, 2.45) is 4.99 Å². The molecule has 0 fully saturated rings. The molecule has 0 amide bonds. The normalized spacial score (nSPS) is 30.5. The number of hydrogen-bond acceptors (Lipinski definition) is 2. The summed E-state index contributed by atoms with van der Waals surface area (Å²) < 4.78 is 0. The van der Waals surface area contributed by atoms with Gasteiger partial charge in [0.2, 0.25) is 0 Å². The quantitative estimate of drug-likeness (QED) is 0.546. The lowest BCUT2D eigenvalue weighted by Gasteiger charge is -2.26. The van der Waals surface area contributed by atoms with Crippen LogP contribution in [-0.2, 0) is 0 Å². The number of fused-ring (bicyclic) bond motifs is 1. The minimum absolute atomic E-state index is 0.843. The van der Waals surface area contributed by atoms with Crippen molar-refractivity contribution in [1.82, 2.24) is 0 Å². The van der Waals surface area contributed by atoms with Crippen LogP contribution in [0.2, 0.25) is 0 Å². The highest BCUT2D eigenvalue weighted by Crippen LogP contribution is 2.77. The maximum atomic E-state index is 4.60. The molecule has 13 heavy (non-hydrogen) atoms. The molecule has 4 heteroatoms. The van der Waals surface area contributed by atoms with Crippen LogP contribution in [0.4, 0.5) is 5.69 Å². The van der Waals surface area contributed by atoms with Gasteiger partial charge in [0.15, 0.2) is 0 Å². The van der Waals surface area contributed by atoms with E-state index in [1.807, 2.05) is 10.8 Å². The number of nitrogens with zero attached hydrogens (tertiary/aromatic N) is 1. The van der Waals surface area contributed by atoms with E-state index >= 15 is 0 Å². The van der Waals surface area contributed by atoms with Gasteiger partial charge in [-0.1, -0.05) is 29.2 Å². The van der Waals surface area contributed by atoms with Gasteiger partial charge in [-0.2, -0.15) is 0 Å². The summed E-state index contributed by atoms with van der Waals surface area (Å²) in [7, 11) is 1.92. The van der Waals surface area contributed by atoms with Crippen molar-refractivity contribution in [3.8, 4) is 0 Å². The fourth-order valence-electron chi connectivity index (χ4n) is 1.37. The highest BCUT2D eigenvalue weighted by atomic mass is 127. The monoisotopic (exact) mass is 323 g/mol. The van der Waals surface area contributed by atoms with Crippen molar-refractivity contribution in [2.75, 3.05) is 6.26 Å². The zero-order chi connectivity index (χ0) is 9.47. The van der Waals surface area contributed by atoms with Gasteiger partial charge in [0, 0.05) is 4.90 Å². The number of para-hydroxylation sites is 1. The third-order valence-corrected chi connectivity index (χ3v) is 13.5. The summed E-state index contributed by atoms with van der Waals surface area (Å²) in [5, 5.41) is 1.28. The molecule has 1 atom stereocenters. The molecule has 0 spiro atoms. The van der Waals surface area contributed by atoms with Gasteiger partial charge < -0.3 is 0 Å². The van der Waals surface area contributed by atoms with Crippen LogP contribution in [0.15, 0.2) is 34.2 Å². The maximum Gasteiger partial charge on any atom is 0.0778 e.